The van der Waals surface area contributed by atoms with Crippen molar-refractivity contribution in [2.24, 2.45) is 4.99 Å². The number of halogens is 1. The fraction of sp³-hybridized carbons (Fsp3) is 0.267. The number of hydrogen-bond donors (Lipinski definition) is 3. The topological polar surface area (TPSA) is 136 Å². The molecule has 0 spiro atoms. The van der Waals surface area contributed by atoms with Gasteiger partial charge in [-0.15, -0.1) is 0 Å². The highest BCUT2D eigenvalue weighted by atomic mass is 32.2. The molecule has 26 heavy (non-hydrogen) atoms. The molecular weight excluding hydrogens is 363 g/mol. The van der Waals surface area contributed by atoms with Crippen molar-refractivity contribution in [2.75, 3.05) is 5.75 Å². The van der Waals surface area contributed by atoms with Gasteiger partial charge in [-0.05, 0) is 34.9 Å². The molecule has 0 saturated carbocycles. The summed E-state index contributed by atoms with van der Waals surface area (Å²) in [5, 5.41) is 29.0. The Balaban J connectivity index is 1.79. The summed E-state index contributed by atoms with van der Waals surface area (Å²) >= 11 is 1.29. The number of thioether (sulfide) groups is 1. The second-order valence-corrected chi connectivity index (χ2v) is 6.39. The average Bonchev–Trinajstić information content (AvgIpc) is 3.28. The Morgan fingerprint density at radius 3 is 3.12 bits per heavy atom. The number of aromatic nitrogens is 2. The molecule has 0 radical (unpaired) electrons. The van der Waals surface area contributed by atoms with Crippen molar-refractivity contribution in [1.82, 2.24) is 21.1 Å². The second kappa shape index (κ2) is 7.94. The van der Waals surface area contributed by atoms with E-state index in [1.54, 1.807) is 6.07 Å². The number of carbonyl (C=O) groups excluding carboxylic acids is 1. The molecule has 1 saturated heterocycles. The highest BCUT2D eigenvalue weighted by Gasteiger charge is 2.23. The van der Waals surface area contributed by atoms with Gasteiger partial charge in [0.1, 0.15) is 11.9 Å². The molecule has 2 aromatic rings. The van der Waals surface area contributed by atoms with Crippen molar-refractivity contribution in [3.63, 3.8) is 0 Å². The molecule has 3 N–H and O–H groups in total. The van der Waals surface area contributed by atoms with Gasteiger partial charge in [-0.25, -0.2) is 14.0 Å². The normalized spacial score (nSPS) is 17.0. The van der Waals surface area contributed by atoms with Gasteiger partial charge in [0.2, 0.25) is 5.91 Å². The molecule has 0 aliphatic carbocycles. The number of hydroxylamine groups is 1. The van der Waals surface area contributed by atoms with Crippen molar-refractivity contribution in [2.45, 2.75) is 23.9 Å². The maximum Gasteiger partial charge on any atom is 0.220 e. The van der Waals surface area contributed by atoms with E-state index >= 15 is 0 Å². The Kier molecular flexibility index (Phi) is 5.45. The van der Waals surface area contributed by atoms with Gasteiger partial charge in [-0.1, -0.05) is 11.8 Å². The van der Waals surface area contributed by atoms with E-state index in [1.165, 1.54) is 23.9 Å². The van der Waals surface area contributed by atoms with E-state index in [1.807, 2.05) is 5.48 Å². The fourth-order valence-electron chi connectivity index (χ4n) is 2.33. The summed E-state index contributed by atoms with van der Waals surface area (Å²) in [6.45, 7) is 0. The summed E-state index contributed by atoms with van der Waals surface area (Å²) in [7, 11) is 0. The maximum atomic E-state index is 13.4. The van der Waals surface area contributed by atoms with Crippen molar-refractivity contribution in [1.29, 1.82) is 5.26 Å². The van der Waals surface area contributed by atoms with Crippen LogP contribution in [0.4, 0.5) is 10.1 Å². The lowest BCUT2D eigenvalue weighted by molar-refractivity contribution is -0.119. The highest BCUT2D eigenvalue weighted by molar-refractivity contribution is 7.99. The Bertz CT molecular complexity index is 894. The van der Waals surface area contributed by atoms with E-state index in [0.29, 0.717) is 17.2 Å². The predicted octanol–water partition coefficient (Wildman–Crippen LogP) is 1.51. The summed E-state index contributed by atoms with van der Waals surface area (Å²) in [5.41, 5.74) is 2.13. The number of rotatable bonds is 5. The van der Waals surface area contributed by atoms with E-state index in [2.05, 4.69) is 20.6 Å². The molecular formula is C15H13FN6O3S. The Morgan fingerprint density at radius 1 is 1.58 bits per heavy atom. The fourth-order valence-corrected chi connectivity index (χ4v) is 3.30. The number of hydrogen-bond acceptors (Lipinski definition) is 8. The molecule has 9 nitrogen and oxygen atoms in total. The summed E-state index contributed by atoms with van der Waals surface area (Å²) in [4.78, 5) is 15.4. The van der Waals surface area contributed by atoms with Crippen LogP contribution in [0, 0.1) is 17.1 Å². The molecule has 1 aromatic heterocycles. The van der Waals surface area contributed by atoms with Crippen molar-refractivity contribution >= 4 is 29.2 Å². The van der Waals surface area contributed by atoms with Crippen LogP contribution in [0.2, 0.25) is 0 Å². The Hall–Kier alpha value is -2.97. The van der Waals surface area contributed by atoms with Crippen LogP contribution in [0.5, 0.6) is 0 Å². The molecule has 1 aliphatic rings. The zero-order valence-corrected chi connectivity index (χ0v) is 14.1. The first-order valence-electron chi connectivity index (χ1n) is 7.54. The summed E-state index contributed by atoms with van der Waals surface area (Å²) in [6, 6.07) is 5.43. The average molecular weight is 376 g/mol. The molecule has 1 atom stereocenters. The number of nitriles is 1. The molecule has 11 heteroatoms. The lowest BCUT2D eigenvalue weighted by atomic mass is 10.2. The first-order valence-corrected chi connectivity index (χ1v) is 8.53. The smallest absolute Gasteiger partial charge is 0.220 e. The van der Waals surface area contributed by atoms with E-state index in [9.17, 15) is 14.4 Å². The number of aliphatic imine (C=N–C) groups is 1. The third-order valence-corrected chi connectivity index (χ3v) is 4.72. The van der Waals surface area contributed by atoms with Crippen LogP contribution in [0.15, 0.2) is 32.8 Å². The largest absolute Gasteiger partial charge is 0.353 e. The predicted molar refractivity (Wildman–Crippen MR) is 88.4 cm³/mol. The third-order valence-electron chi connectivity index (χ3n) is 3.61. The molecule has 0 unspecified atom stereocenters. The van der Waals surface area contributed by atoms with Gasteiger partial charge in [-0.3, -0.25) is 15.5 Å². The van der Waals surface area contributed by atoms with Gasteiger partial charge in [-0.2, -0.15) is 5.26 Å². The van der Waals surface area contributed by atoms with Crippen LogP contribution >= 0.6 is 11.8 Å². The molecule has 134 valence electrons. The first-order chi connectivity index (χ1) is 12.6. The van der Waals surface area contributed by atoms with Crippen LogP contribution in [0.25, 0.3) is 0 Å². The number of benzene rings is 1. The van der Waals surface area contributed by atoms with Crippen LogP contribution in [-0.2, 0) is 4.79 Å². The van der Waals surface area contributed by atoms with E-state index < -0.39 is 5.82 Å². The molecule has 0 bridgehead atoms. The first kappa shape index (κ1) is 17.8. The van der Waals surface area contributed by atoms with Crippen molar-refractivity contribution < 1.29 is 19.0 Å². The van der Waals surface area contributed by atoms with E-state index in [-0.39, 0.29) is 34.7 Å². The van der Waals surface area contributed by atoms with Crippen molar-refractivity contribution in [3.8, 4) is 6.07 Å². The van der Waals surface area contributed by atoms with Gasteiger partial charge in [0, 0.05) is 18.2 Å². The molecule has 1 aromatic carbocycles. The van der Waals surface area contributed by atoms with E-state index in [4.69, 9.17) is 9.89 Å². The van der Waals surface area contributed by atoms with Crippen molar-refractivity contribution in [3.05, 3.63) is 35.3 Å². The molecule has 1 fully saturated rings. The standard InChI is InChI=1S/C15H13FN6O3S/c16-11-3-1-9(5-8(11)6-17)19-14(20-24)13-15(22-25-21-13)26-7-10-2-4-12(23)18-10/h1,3,5,10,24H,2,4,7H2,(H,18,23)(H,19,20)/t10-/m0/s1. The van der Waals surface area contributed by atoms with Gasteiger partial charge in [0.15, 0.2) is 16.6 Å². The summed E-state index contributed by atoms with van der Waals surface area (Å²) < 4.78 is 18.1. The summed E-state index contributed by atoms with van der Waals surface area (Å²) in [6.07, 6.45) is 1.23. The number of amidine groups is 1. The Labute approximate surface area is 151 Å². The number of nitrogens with one attached hydrogen (secondary N) is 2. The molecule has 3 rings (SSSR count). The van der Waals surface area contributed by atoms with Gasteiger partial charge < -0.3 is 5.32 Å². The molecule has 2 heterocycles. The number of nitrogens with zero attached hydrogens (tertiary/aromatic N) is 4. The highest BCUT2D eigenvalue weighted by Crippen LogP contribution is 2.24. The quantitative estimate of drug-likeness (QED) is 0.309. The zero-order valence-electron chi connectivity index (χ0n) is 13.3. The van der Waals surface area contributed by atoms with Crippen LogP contribution in [0.3, 0.4) is 0 Å². The molecule has 1 aliphatic heterocycles. The Morgan fingerprint density at radius 2 is 2.42 bits per heavy atom. The third kappa shape index (κ3) is 3.98. The van der Waals surface area contributed by atoms with Crippen LogP contribution < -0.4 is 10.8 Å². The van der Waals surface area contributed by atoms with Crippen LogP contribution in [0.1, 0.15) is 24.1 Å². The number of amides is 1. The van der Waals surface area contributed by atoms with Gasteiger partial charge in [0.25, 0.3) is 0 Å². The van der Waals surface area contributed by atoms with Gasteiger partial charge in [0.05, 0.1) is 11.3 Å². The summed E-state index contributed by atoms with van der Waals surface area (Å²) in [5.74, 6) is -0.165. The monoisotopic (exact) mass is 376 g/mol. The van der Waals surface area contributed by atoms with E-state index in [0.717, 1.165) is 12.5 Å². The minimum absolute atomic E-state index is 0.0120. The SMILES string of the molecule is N#Cc1cc(N=C(NO)c2nonc2SC[C@@H]2CCC(=O)N2)ccc1F. The number of carbonyl (C=O) groups is 1. The van der Waals surface area contributed by atoms with Gasteiger partial charge >= 0.3 is 0 Å². The molecule has 1 amide bonds. The second-order valence-electron chi connectivity index (χ2n) is 5.38. The maximum absolute atomic E-state index is 13.4. The zero-order chi connectivity index (χ0) is 18.5. The minimum Gasteiger partial charge on any atom is -0.353 e. The minimum atomic E-state index is -0.664. The lowest BCUT2D eigenvalue weighted by Crippen LogP contribution is -2.27. The lowest BCUT2D eigenvalue weighted by Gasteiger charge is -2.08. The van der Waals surface area contributed by atoms with Crippen LogP contribution in [-0.4, -0.2) is 39.1 Å².